The van der Waals surface area contributed by atoms with Crippen LogP contribution in [0.2, 0.25) is 0 Å². The van der Waals surface area contributed by atoms with Crippen molar-refractivity contribution >= 4 is 0 Å². The van der Waals surface area contributed by atoms with Crippen LogP contribution in [0.15, 0.2) is 24.3 Å². The van der Waals surface area contributed by atoms with Gasteiger partial charge >= 0.3 is 6.36 Å². The van der Waals surface area contributed by atoms with E-state index in [0.29, 0.717) is 6.04 Å². The summed E-state index contributed by atoms with van der Waals surface area (Å²) in [6.45, 7) is 1.09. The lowest BCUT2D eigenvalue weighted by Gasteiger charge is -2.11. The maximum absolute atomic E-state index is 11.9. The Bertz CT molecular complexity index is 341. The Morgan fingerprint density at radius 2 is 1.88 bits per heavy atom. The van der Waals surface area contributed by atoms with E-state index in [1.54, 1.807) is 12.1 Å². The molecule has 0 amide bonds. The minimum Gasteiger partial charge on any atom is -0.406 e. The topological polar surface area (TPSA) is 25.8 Å². The van der Waals surface area contributed by atoms with E-state index in [1.807, 2.05) is 0 Å². The van der Waals surface area contributed by atoms with E-state index in [-0.39, 0.29) is 5.75 Å². The molecule has 1 aromatic rings. The summed E-state index contributed by atoms with van der Waals surface area (Å²) < 4.78 is 39.6. The Labute approximate surface area is 91.4 Å². The number of hydrogen-bond donors (Lipinski definition) is 1. The molecule has 1 aromatic carbocycles. The van der Waals surface area contributed by atoms with Crippen molar-refractivity contribution in [3.63, 3.8) is 0 Å². The second-order valence-corrected chi connectivity index (χ2v) is 3.89. The van der Waals surface area contributed by atoms with E-state index in [1.165, 1.54) is 12.1 Å². The molecule has 1 saturated heterocycles. The Balaban J connectivity index is 2.04. The van der Waals surface area contributed by atoms with Crippen molar-refractivity contribution in [3.05, 3.63) is 29.8 Å². The molecule has 1 heterocycles. The molecule has 0 radical (unpaired) electrons. The number of rotatable bonds is 2. The van der Waals surface area contributed by atoms with Gasteiger partial charge in [0.15, 0.2) is 0 Å². The number of ether oxygens (including phenoxy) is 1. The highest BCUT2D eigenvalue weighted by Gasteiger charge is 2.31. The minimum atomic E-state index is -4.61. The molecule has 0 unspecified atom stereocenters. The third kappa shape index (κ3) is 2.88. The number of halogens is 3. The molecule has 0 aliphatic carbocycles. The highest BCUT2D eigenvalue weighted by atomic mass is 19.4. The smallest absolute Gasteiger partial charge is 0.406 e. The minimum absolute atomic E-state index is 0.158. The third-order valence-electron chi connectivity index (χ3n) is 2.71. The van der Waals surface area contributed by atoms with Crippen LogP contribution in [-0.4, -0.2) is 12.9 Å². The highest BCUT2D eigenvalue weighted by molar-refractivity contribution is 5.28. The number of hydrogen-bond acceptors (Lipinski definition) is 1. The second-order valence-electron chi connectivity index (χ2n) is 3.89. The predicted octanol–water partition coefficient (Wildman–Crippen LogP) is 1.98. The van der Waals surface area contributed by atoms with Crippen LogP contribution in [0.1, 0.15) is 24.4 Å². The monoisotopic (exact) mass is 232 g/mol. The molecule has 0 bridgehead atoms. The van der Waals surface area contributed by atoms with Crippen LogP contribution >= 0.6 is 0 Å². The average Bonchev–Trinajstić information content (AvgIpc) is 2.69. The average molecular weight is 232 g/mol. The van der Waals surface area contributed by atoms with Crippen LogP contribution in [0.3, 0.4) is 0 Å². The van der Waals surface area contributed by atoms with Gasteiger partial charge in [-0.25, -0.2) is 0 Å². The number of nitrogens with two attached hydrogens (primary N) is 1. The van der Waals surface area contributed by atoms with Crippen molar-refractivity contribution in [2.45, 2.75) is 25.2 Å². The van der Waals surface area contributed by atoms with E-state index in [4.69, 9.17) is 0 Å². The SMILES string of the molecule is FC(F)(F)Oc1ccc([C@@H]2CCC[NH2+]2)cc1. The fourth-order valence-electron chi connectivity index (χ4n) is 1.99. The molecule has 88 valence electrons. The fraction of sp³-hybridized carbons (Fsp3) is 0.455. The summed E-state index contributed by atoms with van der Waals surface area (Å²) in [5.41, 5.74) is 1.06. The maximum atomic E-state index is 11.9. The van der Waals surface area contributed by atoms with Crippen LogP contribution in [0.4, 0.5) is 13.2 Å². The van der Waals surface area contributed by atoms with Gasteiger partial charge in [0, 0.05) is 18.4 Å². The van der Waals surface area contributed by atoms with Crippen molar-refractivity contribution in [2.24, 2.45) is 0 Å². The van der Waals surface area contributed by atoms with Crippen molar-refractivity contribution in [3.8, 4) is 5.75 Å². The molecular weight excluding hydrogens is 219 g/mol. The summed E-state index contributed by atoms with van der Waals surface area (Å²) in [5, 5.41) is 2.21. The molecule has 1 aliphatic rings. The normalized spacial score (nSPS) is 21.1. The first-order chi connectivity index (χ1) is 7.54. The molecule has 2 nitrogen and oxygen atoms in total. The first-order valence-electron chi connectivity index (χ1n) is 5.24. The van der Waals surface area contributed by atoms with Gasteiger partial charge in [0.1, 0.15) is 11.8 Å². The zero-order valence-electron chi connectivity index (χ0n) is 8.63. The van der Waals surface area contributed by atoms with E-state index in [2.05, 4.69) is 10.1 Å². The summed E-state index contributed by atoms with van der Waals surface area (Å²) in [5.74, 6) is -0.158. The van der Waals surface area contributed by atoms with Gasteiger partial charge in [0.2, 0.25) is 0 Å². The second kappa shape index (κ2) is 4.33. The molecule has 1 aliphatic heterocycles. The Morgan fingerprint density at radius 3 is 2.38 bits per heavy atom. The molecule has 1 fully saturated rings. The highest BCUT2D eigenvalue weighted by Crippen LogP contribution is 2.25. The van der Waals surface area contributed by atoms with Gasteiger partial charge in [-0.15, -0.1) is 13.2 Å². The third-order valence-corrected chi connectivity index (χ3v) is 2.71. The van der Waals surface area contributed by atoms with E-state index >= 15 is 0 Å². The lowest BCUT2D eigenvalue weighted by atomic mass is 10.1. The molecule has 5 heteroatoms. The van der Waals surface area contributed by atoms with Crippen LogP contribution in [0.25, 0.3) is 0 Å². The summed E-state index contributed by atoms with van der Waals surface area (Å²) >= 11 is 0. The summed E-state index contributed by atoms with van der Waals surface area (Å²) in [6, 6.07) is 6.53. The van der Waals surface area contributed by atoms with E-state index < -0.39 is 6.36 Å². The largest absolute Gasteiger partial charge is 0.573 e. The van der Waals surface area contributed by atoms with Crippen molar-refractivity contribution in [1.82, 2.24) is 0 Å². The van der Waals surface area contributed by atoms with Gasteiger partial charge in [0.05, 0.1) is 6.54 Å². The van der Waals surface area contributed by atoms with Crippen LogP contribution in [0.5, 0.6) is 5.75 Å². The fourth-order valence-corrected chi connectivity index (χ4v) is 1.99. The summed E-state index contributed by atoms with van der Waals surface area (Å²) in [4.78, 5) is 0. The summed E-state index contributed by atoms with van der Waals surface area (Å²) in [6.07, 6.45) is -2.37. The van der Waals surface area contributed by atoms with Gasteiger partial charge in [0.25, 0.3) is 0 Å². The molecule has 0 aromatic heterocycles. The predicted molar refractivity (Wildman–Crippen MR) is 51.9 cm³/mol. The molecule has 0 spiro atoms. The Morgan fingerprint density at radius 1 is 1.19 bits per heavy atom. The quantitative estimate of drug-likeness (QED) is 0.829. The van der Waals surface area contributed by atoms with E-state index in [0.717, 1.165) is 24.9 Å². The van der Waals surface area contributed by atoms with Crippen molar-refractivity contribution in [2.75, 3.05) is 6.54 Å². The summed E-state index contributed by atoms with van der Waals surface area (Å²) in [7, 11) is 0. The molecule has 1 atom stereocenters. The lowest BCUT2D eigenvalue weighted by Crippen LogP contribution is -2.81. The number of alkyl halides is 3. The first kappa shape index (κ1) is 11.3. The van der Waals surface area contributed by atoms with Gasteiger partial charge < -0.3 is 10.1 Å². The Kier molecular flexibility index (Phi) is 3.05. The van der Waals surface area contributed by atoms with Gasteiger partial charge in [-0.1, -0.05) is 0 Å². The zero-order valence-corrected chi connectivity index (χ0v) is 8.63. The molecular formula is C11H13F3NO+. The van der Waals surface area contributed by atoms with Crippen LogP contribution < -0.4 is 10.1 Å². The molecule has 2 rings (SSSR count). The lowest BCUT2D eigenvalue weighted by molar-refractivity contribution is -0.676. The molecule has 0 saturated carbocycles. The van der Waals surface area contributed by atoms with Crippen molar-refractivity contribution in [1.29, 1.82) is 0 Å². The van der Waals surface area contributed by atoms with Gasteiger partial charge in [-0.05, 0) is 24.3 Å². The zero-order chi connectivity index (χ0) is 11.6. The first-order valence-corrected chi connectivity index (χ1v) is 5.24. The number of quaternary nitrogens is 1. The molecule has 16 heavy (non-hydrogen) atoms. The molecule has 2 N–H and O–H groups in total. The van der Waals surface area contributed by atoms with Gasteiger partial charge in [-0.3, -0.25) is 0 Å². The van der Waals surface area contributed by atoms with Crippen LogP contribution in [-0.2, 0) is 0 Å². The Hall–Kier alpha value is -1.23. The van der Waals surface area contributed by atoms with Gasteiger partial charge in [-0.2, -0.15) is 0 Å². The standard InChI is InChI=1S/C11H12F3NO/c12-11(13,14)16-9-5-3-8(4-6-9)10-2-1-7-15-10/h3-6,10,15H,1-2,7H2/p+1/t10-/m0/s1. The van der Waals surface area contributed by atoms with Crippen molar-refractivity contribution < 1.29 is 23.2 Å². The van der Waals surface area contributed by atoms with Crippen LogP contribution in [0, 0.1) is 0 Å². The maximum Gasteiger partial charge on any atom is 0.573 e. The van der Waals surface area contributed by atoms with E-state index in [9.17, 15) is 13.2 Å². The number of benzene rings is 1.